The normalized spacial score (nSPS) is 28.1. The fourth-order valence-corrected chi connectivity index (χ4v) is 1.78. The Kier molecular flexibility index (Phi) is 5.11. The van der Waals surface area contributed by atoms with Crippen molar-refractivity contribution in [3.05, 3.63) is 12.2 Å². The molecule has 1 rings (SSSR count). The van der Waals surface area contributed by atoms with Crippen LogP contribution in [0.3, 0.4) is 0 Å². The van der Waals surface area contributed by atoms with Gasteiger partial charge in [-0.05, 0) is 33.1 Å². The average molecular weight is 265 g/mol. The summed E-state index contributed by atoms with van der Waals surface area (Å²) in [6.45, 7) is 6.91. The number of cyclic esters (lactones) is 1. The fraction of sp³-hybridized carbons (Fsp3) is 0.643. The highest BCUT2D eigenvalue weighted by Crippen LogP contribution is 2.31. The number of hydrogen-bond donors (Lipinski definition) is 0. The van der Waals surface area contributed by atoms with Crippen LogP contribution in [0, 0.1) is 16.7 Å². The Morgan fingerprint density at radius 3 is 2.84 bits per heavy atom. The first-order valence-corrected chi connectivity index (χ1v) is 6.30. The lowest BCUT2D eigenvalue weighted by Crippen LogP contribution is -2.25. The molecule has 1 fully saturated rings. The van der Waals surface area contributed by atoms with E-state index in [4.69, 9.17) is 9.47 Å². The molecule has 0 aliphatic carbocycles. The number of hydrogen-bond acceptors (Lipinski definition) is 5. The molecule has 1 aliphatic heterocycles. The van der Waals surface area contributed by atoms with Gasteiger partial charge >= 0.3 is 11.9 Å². The van der Waals surface area contributed by atoms with Gasteiger partial charge in [-0.1, -0.05) is 6.58 Å². The summed E-state index contributed by atoms with van der Waals surface area (Å²) >= 11 is 0. The van der Waals surface area contributed by atoms with E-state index in [9.17, 15) is 14.9 Å². The van der Waals surface area contributed by atoms with Crippen LogP contribution in [0.1, 0.15) is 39.5 Å². The molecule has 19 heavy (non-hydrogen) atoms. The van der Waals surface area contributed by atoms with Crippen molar-refractivity contribution in [2.24, 2.45) is 5.41 Å². The van der Waals surface area contributed by atoms with Crippen LogP contribution in [0.15, 0.2) is 12.2 Å². The average Bonchev–Trinajstić information content (AvgIpc) is 2.44. The van der Waals surface area contributed by atoms with Gasteiger partial charge in [0.05, 0.1) is 11.5 Å². The van der Waals surface area contributed by atoms with Gasteiger partial charge in [0.25, 0.3) is 0 Å². The second-order valence-corrected chi connectivity index (χ2v) is 5.20. The van der Waals surface area contributed by atoms with Crippen LogP contribution in [0.4, 0.5) is 0 Å². The number of carbonyl (C=O) groups excluding carboxylic acids is 2. The number of carbonyl (C=O) groups is 2. The van der Waals surface area contributed by atoms with Crippen LogP contribution in [0.2, 0.25) is 0 Å². The third-order valence-corrected chi connectivity index (χ3v) is 3.22. The molecule has 0 N–H and O–H groups in total. The first-order chi connectivity index (χ1) is 8.86. The summed E-state index contributed by atoms with van der Waals surface area (Å²) in [5.41, 5.74) is -0.286. The third kappa shape index (κ3) is 4.74. The van der Waals surface area contributed by atoms with Crippen LogP contribution in [-0.4, -0.2) is 24.6 Å². The number of rotatable bonds is 2. The van der Waals surface area contributed by atoms with Crippen molar-refractivity contribution in [3.63, 3.8) is 0 Å². The predicted octanol–water partition coefficient (Wildman–Crippen LogP) is 2.12. The van der Waals surface area contributed by atoms with Crippen LogP contribution in [-0.2, 0) is 19.1 Å². The van der Waals surface area contributed by atoms with Gasteiger partial charge in [0, 0.05) is 12.0 Å². The molecule has 0 saturated carbocycles. The minimum Gasteiger partial charge on any atom is -0.462 e. The first kappa shape index (κ1) is 15.2. The van der Waals surface area contributed by atoms with Crippen molar-refractivity contribution in [1.82, 2.24) is 0 Å². The molecule has 0 radical (unpaired) electrons. The summed E-state index contributed by atoms with van der Waals surface area (Å²) in [5.74, 6) is -0.862. The molecule has 2 atom stereocenters. The Balaban J connectivity index is 2.72. The molecule has 0 aromatic heterocycles. The van der Waals surface area contributed by atoms with Crippen molar-refractivity contribution in [3.8, 4) is 6.07 Å². The summed E-state index contributed by atoms with van der Waals surface area (Å²) in [4.78, 5) is 22.9. The van der Waals surface area contributed by atoms with Crippen LogP contribution in [0.25, 0.3) is 0 Å². The van der Waals surface area contributed by atoms with Gasteiger partial charge in [0.2, 0.25) is 0 Å². The molecule has 0 bridgehead atoms. The van der Waals surface area contributed by atoms with E-state index in [-0.39, 0.29) is 19.0 Å². The van der Waals surface area contributed by atoms with Gasteiger partial charge in [-0.25, -0.2) is 4.79 Å². The zero-order chi connectivity index (χ0) is 14.5. The Morgan fingerprint density at radius 1 is 1.58 bits per heavy atom. The molecule has 1 aliphatic rings. The Labute approximate surface area is 113 Å². The molecule has 104 valence electrons. The quantitative estimate of drug-likeness (QED) is 0.564. The van der Waals surface area contributed by atoms with Crippen LogP contribution in [0.5, 0.6) is 0 Å². The standard InChI is InChI=1S/C14H19NO4/c1-10(2)13(17)19-11-4-6-14(3,9-15)7-5-12(16)18-8-11/h11H,1,4-8H2,2-3H3. The summed E-state index contributed by atoms with van der Waals surface area (Å²) in [7, 11) is 0. The van der Waals surface area contributed by atoms with E-state index in [0.29, 0.717) is 24.8 Å². The Hall–Kier alpha value is -1.83. The van der Waals surface area contributed by atoms with Gasteiger partial charge in [-0.3, -0.25) is 4.79 Å². The molecule has 5 heteroatoms. The predicted molar refractivity (Wildman–Crippen MR) is 67.8 cm³/mol. The molecule has 0 spiro atoms. The lowest BCUT2D eigenvalue weighted by atomic mass is 9.82. The van der Waals surface area contributed by atoms with E-state index in [1.807, 2.05) is 6.92 Å². The second kappa shape index (κ2) is 6.37. The SMILES string of the molecule is C=C(C)C(=O)OC1CCC(C)(C#N)CCC(=O)OC1. The van der Waals surface area contributed by atoms with E-state index < -0.39 is 17.5 Å². The molecule has 2 unspecified atom stereocenters. The lowest BCUT2D eigenvalue weighted by Gasteiger charge is -2.22. The van der Waals surface area contributed by atoms with E-state index in [0.717, 1.165) is 0 Å². The highest BCUT2D eigenvalue weighted by atomic mass is 16.6. The molecule has 1 heterocycles. The van der Waals surface area contributed by atoms with Crippen molar-refractivity contribution in [2.75, 3.05) is 6.61 Å². The molecule has 0 amide bonds. The minimum absolute atomic E-state index is 0.0410. The summed E-state index contributed by atoms with van der Waals surface area (Å²) in [6.07, 6.45) is 1.22. The third-order valence-electron chi connectivity index (χ3n) is 3.22. The number of nitriles is 1. The van der Waals surface area contributed by atoms with E-state index in [1.54, 1.807) is 6.92 Å². The Morgan fingerprint density at radius 2 is 2.26 bits per heavy atom. The van der Waals surface area contributed by atoms with Gasteiger partial charge < -0.3 is 9.47 Å². The maximum atomic E-state index is 11.5. The highest BCUT2D eigenvalue weighted by Gasteiger charge is 2.30. The minimum atomic E-state index is -0.586. The number of esters is 2. The van der Waals surface area contributed by atoms with E-state index in [2.05, 4.69) is 12.6 Å². The van der Waals surface area contributed by atoms with Crippen LogP contribution < -0.4 is 0 Å². The summed E-state index contributed by atoms with van der Waals surface area (Å²) in [6, 6.07) is 2.23. The van der Waals surface area contributed by atoms with Crippen LogP contribution >= 0.6 is 0 Å². The molecule has 0 aromatic rings. The zero-order valence-electron chi connectivity index (χ0n) is 11.4. The largest absolute Gasteiger partial charge is 0.462 e. The maximum Gasteiger partial charge on any atom is 0.333 e. The van der Waals surface area contributed by atoms with E-state index >= 15 is 0 Å². The second-order valence-electron chi connectivity index (χ2n) is 5.20. The molecule has 0 aromatic carbocycles. The van der Waals surface area contributed by atoms with Crippen molar-refractivity contribution in [2.45, 2.75) is 45.6 Å². The van der Waals surface area contributed by atoms with Gasteiger partial charge in [0.1, 0.15) is 12.7 Å². The highest BCUT2D eigenvalue weighted by molar-refractivity contribution is 5.87. The topological polar surface area (TPSA) is 76.4 Å². The molecule has 5 nitrogen and oxygen atoms in total. The first-order valence-electron chi connectivity index (χ1n) is 6.30. The van der Waals surface area contributed by atoms with Gasteiger partial charge in [-0.15, -0.1) is 0 Å². The fourth-order valence-electron chi connectivity index (χ4n) is 1.78. The summed E-state index contributed by atoms with van der Waals surface area (Å²) < 4.78 is 10.2. The van der Waals surface area contributed by atoms with Gasteiger partial charge in [-0.2, -0.15) is 5.26 Å². The Bertz CT molecular complexity index is 424. The smallest absolute Gasteiger partial charge is 0.333 e. The zero-order valence-corrected chi connectivity index (χ0v) is 11.4. The monoisotopic (exact) mass is 265 g/mol. The van der Waals surface area contributed by atoms with E-state index in [1.165, 1.54) is 0 Å². The van der Waals surface area contributed by atoms with Gasteiger partial charge in [0.15, 0.2) is 0 Å². The molecular weight excluding hydrogens is 246 g/mol. The number of nitrogens with zero attached hydrogens (tertiary/aromatic N) is 1. The molecular formula is C14H19NO4. The molecule has 1 saturated heterocycles. The van der Waals surface area contributed by atoms with Crippen molar-refractivity contribution >= 4 is 11.9 Å². The number of ether oxygens (including phenoxy) is 2. The van der Waals surface area contributed by atoms with Crippen molar-refractivity contribution in [1.29, 1.82) is 5.26 Å². The summed E-state index contributed by atoms with van der Waals surface area (Å²) in [5, 5.41) is 9.18. The van der Waals surface area contributed by atoms with Crippen molar-refractivity contribution < 1.29 is 19.1 Å². The lowest BCUT2D eigenvalue weighted by molar-refractivity contribution is -0.156. The maximum absolute atomic E-state index is 11.5.